The zero-order chi connectivity index (χ0) is 23.5. The summed E-state index contributed by atoms with van der Waals surface area (Å²) in [6.07, 6.45) is 2.67. The van der Waals surface area contributed by atoms with E-state index < -0.39 is 0 Å². The van der Waals surface area contributed by atoms with Gasteiger partial charge in [0.2, 0.25) is 11.8 Å². The Morgan fingerprint density at radius 2 is 1.79 bits per heavy atom. The fourth-order valence-electron chi connectivity index (χ4n) is 4.21. The molecule has 5 nitrogen and oxygen atoms in total. The smallest absolute Gasteiger partial charge is 0.227 e. The van der Waals surface area contributed by atoms with Crippen LogP contribution in [0.5, 0.6) is 0 Å². The molecule has 1 aliphatic carbocycles. The van der Waals surface area contributed by atoms with Crippen LogP contribution in [-0.2, 0) is 22.6 Å². The minimum Gasteiger partial charge on any atom is -0.354 e. The minimum absolute atomic E-state index is 0.0607. The first-order valence-electron chi connectivity index (χ1n) is 11.6. The van der Waals surface area contributed by atoms with Crippen LogP contribution in [0.25, 0.3) is 22.2 Å². The molecule has 1 aromatic heterocycles. The van der Waals surface area contributed by atoms with Crippen molar-refractivity contribution in [1.29, 1.82) is 0 Å². The quantitative estimate of drug-likeness (QED) is 0.325. The van der Waals surface area contributed by atoms with Crippen LogP contribution in [0.4, 0.5) is 10.1 Å². The topological polar surface area (TPSA) is 74.0 Å². The highest BCUT2D eigenvalue weighted by molar-refractivity contribution is 5.94. The second kappa shape index (κ2) is 9.51. The van der Waals surface area contributed by atoms with Crippen LogP contribution >= 0.6 is 0 Å². The Balaban J connectivity index is 1.25. The summed E-state index contributed by atoms with van der Waals surface area (Å²) in [5.74, 6) is -0.185. The highest BCUT2D eigenvalue weighted by Gasteiger charge is 2.29. The van der Waals surface area contributed by atoms with Gasteiger partial charge in [-0.15, -0.1) is 0 Å². The van der Waals surface area contributed by atoms with Crippen LogP contribution < -0.4 is 10.6 Å². The number of nitrogens with one attached hydrogen (secondary N) is 3. The zero-order valence-corrected chi connectivity index (χ0v) is 18.7. The third-order valence-electron chi connectivity index (χ3n) is 6.17. The van der Waals surface area contributed by atoms with E-state index in [2.05, 4.69) is 15.6 Å². The molecule has 1 saturated carbocycles. The maximum Gasteiger partial charge on any atom is 0.227 e. The molecular formula is C28H26FN3O2. The van der Waals surface area contributed by atoms with Gasteiger partial charge in [0, 0.05) is 41.2 Å². The lowest BCUT2D eigenvalue weighted by molar-refractivity contribution is -0.121. The molecule has 3 N–H and O–H groups in total. The molecule has 1 heterocycles. The summed E-state index contributed by atoms with van der Waals surface area (Å²) in [6.45, 7) is 0.375. The number of benzene rings is 3. The first-order valence-corrected chi connectivity index (χ1v) is 11.6. The summed E-state index contributed by atoms with van der Waals surface area (Å²) in [5.41, 5.74) is 5.35. The molecule has 5 rings (SSSR count). The number of halogens is 1. The fraction of sp³-hybridized carbons (Fsp3) is 0.214. The first-order chi connectivity index (χ1) is 16.6. The molecule has 1 aliphatic rings. The Morgan fingerprint density at radius 1 is 0.971 bits per heavy atom. The molecule has 0 atom stereocenters. The number of fused-ring (bicyclic) bond motifs is 1. The summed E-state index contributed by atoms with van der Waals surface area (Å²) < 4.78 is 14.0. The number of rotatable bonds is 8. The predicted octanol–water partition coefficient (Wildman–Crippen LogP) is 5.57. The van der Waals surface area contributed by atoms with Crippen molar-refractivity contribution in [2.45, 2.75) is 32.2 Å². The summed E-state index contributed by atoms with van der Waals surface area (Å²) >= 11 is 0. The average Bonchev–Trinajstić information content (AvgIpc) is 3.64. The van der Waals surface area contributed by atoms with Gasteiger partial charge in [0.05, 0.1) is 0 Å². The van der Waals surface area contributed by atoms with E-state index in [1.54, 1.807) is 6.07 Å². The molecule has 2 amide bonds. The van der Waals surface area contributed by atoms with Crippen LogP contribution in [0, 0.1) is 11.7 Å². The molecule has 0 spiro atoms. The number of hydrogen-bond acceptors (Lipinski definition) is 2. The highest BCUT2D eigenvalue weighted by atomic mass is 19.1. The van der Waals surface area contributed by atoms with Crippen LogP contribution in [0.15, 0.2) is 72.8 Å². The van der Waals surface area contributed by atoms with Crippen LogP contribution in [-0.4, -0.2) is 16.8 Å². The van der Waals surface area contributed by atoms with Crippen molar-refractivity contribution in [1.82, 2.24) is 10.3 Å². The lowest BCUT2D eigenvalue weighted by atomic mass is 10.0. The maximum atomic E-state index is 14.0. The van der Waals surface area contributed by atoms with Crippen molar-refractivity contribution >= 4 is 28.4 Å². The second-order valence-corrected chi connectivity index (χ2v) is 8.78. The van der Waals surface area contributed by atoms with Gasteiger partial charge in [0.15, 0.2) is 0 Å². The van der Waals surface area contributed by atoms with E-state index in [1.165, 1.54) is 12.1 Å². The normalized spacial score (nSPS) is 13.1. The van der Waals surface area contributed by atoms with Gasteiger partial charge in [-0.2, -0.15) is 0 Å². The third-order valence-corrected chi connectivity index (χ3v) is 6.17. The molecule has 3 aromatic carbocycles. The third kappa shape index (κ3) is 5.01. The van der Waals surface area contributed by atoms with Crippen LogP contribution in [0.1, 0.15) is 30.4 Å². The van der Waals surface area contributed by atoms with Gasteiger partial charge in [0.1, 0.15) is 5.82 Å². The number of carbonyl (C=O) groups is 2. The van der Waals surface area contributed by atoms with Crippen molar-refractivity contribution in [2.24, 2.45) is 5.92 Å². The molecule has 0 saturated heterocycles. The van der Waals surface area contributed by atoms with Crippen LogP contribution in [0.2, 0.25) is 0 Å². The lowest BCUT2D eigenvalue weighted by Crippen LogP contribution is -2.23. The minimum atomic E-state index is -0.300. The number of carbonyl (C=O) groups excluding carboxylic acids is 2. The number of aromatic nitrogens is 1. The van der Waals surface area contributed by atoms with Gasteiger partial charge >= 0.3 is 0 Å². The number of amides is 2. The molecule has 172 valence electrons. The Hall–Kier alpha value is -3.93. The van der Waals surface area contributed by atoms with Gasteiger partial charge < -0.3 is 15.6 Å². The number of hydrogen-bond donors (Lipinski definition) is 3. The molecule has 6 heteroatoms. The average molecular weight is 456 g/mol. The largest absolute Gasteiger partial charge is 0.354 e. The van der Waals surface area contributed by atoms with Crippen molar-refractivity contribution in [3.05, 3.63) is 89.7 Å². The van der Waals surface area contributed by atoms with Crippen molar-refractivity contribution < 1.29 is 14.0 Å². The van der Waals surface area contributed by atoms with Gasteiger partial charge in [-0.05, 0) is 66.3 Å². The van der Waals surface area contributed by atoms with Crippen molar-refractivity contribution in [3.8, 4) is 11.3 Å². The number of H-pyrrole nitrogens is 1. The standard InChI is InChI=1S/C28H26FN3O2/c29-21-11-13-25-24(16-21)23(27(32-25)19-6-2-1-3-7-19)12-14-26(33)30-17-18-5-4-8-22(15-18)31-28(34)20-9-10-20/h1-8,11,13,15-16,20,32H,9-10,12,14,17H2,(H,30,33)(H,31,34). The van der Waals surface area contributed by atoms with Gasteiger partial charge in [-0.1, -0.05) is 42.5 Å². The molecule has 0 aliphatic heterocycles. The number of anilines is 1. The van der Waals surface area contributed by atoms with Crippen molar-refractivity contribution in [2.75, 3.05) is 5.32 Å². The summed E-state index contributed by atoms with van der Waals surface area (Å²) in [7, 11) is 0. The van der Waals surface area contributed by atoms with Gasteiger partial charge in [0.25, 0.3) is 0 Å². The Bertz CT molecular complexity index is 1340. The van der Waals surface area contributed by atoms with Gasteiger partial charge in [-0.3, -0.25) is 9.59 Å². The molecular weight excluding hydrogens is 429 g/mol. The molecule has 0 unspecified atom stereocenters. The summed E-state index contributed by atoms with van der Waals surface area (Å²) in [4.78, 5) is 28.0. The monoisotopic (exact) mass is 455 g/mol. The number of aryl methyl sites for hydroxylation is 1. The lowest BCUT2D eigenvalue weighted by Gasteiger charge is -2.09. The van der Waals surface area contributed by atoms with E-state index in [4.69, 9.17) is 0 Å². The molecule has 4 aromatic rings. The van der Waals surface area contributed by atoms with E-state index in [-0.39, 0.29) is 30.0 Å². The summed E-state index contributed by atoms with van der Waals surface area (Å²) in [6, 6.07) is 22.1. The molecule has 1 fully saturated rings. The van der Waals surface area contributed by atoms with E-state index in [0.717, 1.165) is 51.8 Å². The fourth-order valence-corrected chi connectivity index (χ4v) is 4.21. The highest BCUT2D eigenvalue weighted by Crippen LogP contribution is 2.32. The second-order valence-electron chi connectivity index (χ2n) is 8.78. The van der Waals surface area contributed by atoms with Gasteiger partial charge in [-0.25, -0.2) is 4.39 Å². The molecule has 0 radical (unpaired) electrons. The molecule has 34 heavy (non-hydrogen) atoms. The summed E-state index contributed by atoms with van der Waals surface area (Å²) in [5, 5.41) is 6.69. The maximum absolute atomic E-state index is 14.0. The Kier molecular flexibility index (Phi) is 6.12. The Labute approximate surface area is 197 Å². The van der Waals surface area contributed by atoms with E-state index in [0.29, 0.717) is 13.0 Å². The first kappa shape index (κ1) is 21.9. The van der Waals surface area contributed by atoms with E-state index >= 15 is 0 Å². The zero-order valence-electron chi connectivity index (χ0n) is 18.7. The number of aromatic amines is 1. The van der Waals surface area contributed by atoms with Crippen LogP contribution in [0.3, 0.4) is 0 Å². The van der Waals surface area contributed by atoms with E-state index in [1.807, 2.05) is 54.6 Å². The predicted molar refractivity (Wildman–Crippen MR) is 132 cm³/mol. The molecule has 0 bridgehead atoms. The van der Waals surface area contributed by atoms with Crippen molar-refractivity contribution in [3.63, 3.8) is 0 Å². The Morgan fingerprint density at radius 3 is 2.59 bits per heavy atom. The SMILES string of the molecule is O=C(CCc1c(-c2ccccc2)[nH]c2ccc(F)cc12)NCc1cccc(NC(=O)C2CC2)c1. The van der Waals surface area contributed by atoms with E-state index in [9.17, 15) is 14.0 Å².